The highest BCUT2D eigenvalue weighted by atomic mass is 32.2. The molecule has 0 aliphatic heterocycles. The molecular weight excluding hydrogens is 248 g/mol. The monoisotopic (exact) mass is 258 g/mol. The van der Waals surface area contributed by atoms with Crippen LogP contribution in [0, 0.1) is 20.2 Å². The van der Waals surface area contributed by atoms with Crippen molar-refractivity contribution in [1.29, 1.82) is 0 Å². The predicted octanol–water partition coefficient (Wildman–Crippen LogP) is 2.24. The van der Waals surface area contributed by atoms with Crippen LogP contribution in [0.2, 0.25) is 0 Å². The number of hydrogen-bond acceptors (Lipinski definition) is 6. The molecular formula is C9H10N2O5S. The van der Waals surface area contributed by atoms with E-state index >= 15 is 0 Å². The van der Waals surface area contributed by atoms with E-state index < -0.39 is 9.85 Å². The van der Waals surface area contributed by atoms with Crippen LogP contribution in [-0.4, -0.2) is 29.3 Å². The first-order valence-corrected chi connectivity index (χ1v) is 5.59. The molecule has 92 valence electrons. The molecule has 0 aliphatic rings. The fourth-order valence-electron chi connectivity index (χ4n) is 1.12. The number of benzene rings is 1. The van der Waals surface area contributed by atoms with E-state index in [1.807, 2.05) is 0 Å². The van der Waals surface area contributed by atoms with Crippen LogP contribution in [0.3, 0.4) is 0 Å². The number of nitro benzene ring substituents is 2. The summed E-state index contributed by atoms with van der Waals surface area (Å²) in [4.78, 5) is 20.4. The van der Waals surface area contributed by atoms with Crippen molar-refractivity contribution in [3.63, 3.8) is 0 Å². The van der Waals surface area contributed by atoms with Crippen molar-refractivity contribution < 1.29 is 14.6 Å². The van der Waals surface area contributed by atoms with Crippen LogP contribution in [0.5, 0.6) is 0 Å². The SMILES string of the molecule is COCCSc1ccc([N+](=O)[O-])cc1[N+](=O)[O-]. The van der Waals surface area contributed by atoms with Gasteiger partial charge in [0, 0.05) is 18.9 Å². The lowest BCUT2D eigenvalue weighted by Gasteiger charge is -2.02. The Morgan fingerprint density at radius 2 is 2.00 bits per heavy atom. The molecule has 0 amide bonds. The van der Waals surface area contributed by atoms with Crippen molar-refractivity contribution in [1.82, 2.24) is 0 Å². The van der Waals surface area contributed by atoms with Crippen LogP contribution in [0.1, 0.15) is 0 Å². The number of ether oxygens (including phenoxy) is 1. The third kappa shape index (κ3) is 3.68. The fraction of sp³-hybridized carbons (Fsp3) is 0.333. The molecule has 17 heavy (non-hydrogen) atoms. The maximum atomic E-state index is 10.8. The molecule has 0 saturated carbocycles. The Kier molecular flexibility index (Phi) is 4.85. The van der Waals surface area contributed by atoms with Gasteiger partial charge in [-0.3, -0.25) is 20.2 Å². The summed E-state index contributed by atoms with van der Waals surface area (Å²) in [6.07, 6.45) is 0. The maximum Gasteiger partial charge on any atom is 0.289 e. The summed E-state index contributed by atoms with van der Waals surface area (Å²) in [6, 6.07) is 3.61. The van der Waals surface area contributed by atoms with E-state index in [1.165, 1.54) is 31.0 Å². The number of hydrogen-bond donors (Lipinski definition) is 0. The number of nitrogens with zero attached hydrogens (tertiary/aromatic N) is 2. The largest absolute Gasteiger partial charge is 0.384 e. The van der Waals surface area contributed by atoms with Crippen LogP contribution in [0.25, 0.3) is 0 Å². The Morgan fingerprint density at radius 3 is 2.53 bits per heavy atom. The zero-order valence-electron chi connectivity index (χ0n) is 8.99. The van der Waals surface area contributed by atoms with Crippen molar-refractivity contribution >= 4 is 23.1 Å². The molecule has 0 saturated heterocycles. The lowest BCUT2D eigenvalue weighted by atomic mass is 10.3. The molecule has 0 fully saturated rings. The van der Waals surface area contributed by atoms with Gasteiger partial charge in [-0.05, 0) is 6.07 Å². The Labute approximate surface area is 101 Å². The van der Waals surface area contributed by atoms with Crippen molar-refractivity contribution in [3.05, 3.63) is 38.4 Å². The number of methoxy groups -OCH3 is 1. The zero-order chi connectivity index (χ0) is 12.8. The highest BCUT2D eigenvalue weighted by Gasteiger charge is 2.19. The maximum absolute atomic E-state index is 10.8. The van der Waals surface area contributed by atoms with Gasteiger partial charge in [0.15, 0.2) is 0 Å². The fourth-order valence-corrected chi connectivity index (χ4v) is 2.03. The van der Waals surface area contributed by atoms with E-state index in [4.69, 9.17) is 4.74 Å². The predicted molar refractivity (Wildman–Crippen MR) is 62.4 cm³/mol. The average molecular weight is 258 g/mol. The van der Waals surface area contributed by atoms with Gasteiger partial charge < -0.3 is 4.74 Å². The van der Waals surface area contributed by atoms with Gasteiger partial charge in [0.1, 0.15) is 0 Å². The first-order valence-electron chi connectivity index (χ1n) is 4.61. The normalized spacial score (nSPS) is 10.2. The van der Waals surface area contributed by atoms with Gasteiger partial charge >= 0.3 is 0 Å². The van der Waals surface area contributed by atoms with Crippen LogP contribution >= 0.6 is 11.8 Å². The molecule has 1 rings (SSSR count). The second kappa shape index (κ2) is 6.16. The molecule has 0 unspecified atom stereocenters. The summed E-state index contributed by atoms with van der Waals surface area (Å²) in [5.41, 5.74) is -0.534. The van der Waals surface area contributed by atoms with Crippen molar-refractivity contribution in [2.75, 3.05) is 19.5 Å². The van der Waals surface area contributed by atoms with Gasteiger partial charge in [0.05, 0.1) is 27.4 Å². The van der Waals surface area contributed by atoms with Crippen LogP contribution in [0.15, 0.2) is 23.1 Å². The minimum atomic E-state index is -0.656. The first-order chi connectivity index (χ1) is 8.06. The molecule has 7 nitrogen and oxygen atoms in total. The number of thioether (sulfide) groups is 1. The van der Waals surface area contributed by atoms with E-state index in [9.17, 15) is 20.2 Å². The molecule has 0 spiro atoms. The van der Waals surface area contributed by atoms with Crippen LogP contribution < -0.4 is 0 Å². The Balaban J connectivity index is 2.96. The summed E-state index contributed by atoms with van der Waals surface area (Å²) in [5, 5.41) is 21.3. The highest BCUT2D eigenvalue weighted by Crippen LogP contribution is 2.32. The number of nitro groups is 2. The van der Waals surface area contributed by atoms with Gasteiger partial charge in [-0.2, -0.15) is 0 Å². The standard InChI is InChI=1S/C9H10N2O5S/c1-16-4-5-17-9-3-2-7(10(12)13)6-8(9)11(14)15/h2-3,6H,4-5H2,1H3. The third-order valence-electron chi connectivity index (χ3n) is 1.90. The summed E-state index contributed by atoms with van der Waals surface area (Å²) >= 11 is 1.23. The van der Waals surface area contributed by atoms with Gasteiger partial charge in [-0.1, -0.05) is 0 Å². The lowest BCUT2D eigenvalue weighted by Crippen LogP contribution is -1.96. The third-order valence-corrected chi connectivity index (χ3v) is 2.92. The zero-order valence-corrected chi connectivity index (χ0v) is 9.81. The second-order valence-electron chi connectivity index (χ2n) is 3.01. The van der Waals surface area contributed by atoms with E-state index in [-0.39, 0.29) is 11.4 Å². The lowest BCUT2D eigenvalue weighted by molar-refractivity contribution is -0.396. The van der Waals surface area contributed by atoms with Gasteiger partial charge in [0.25, 0.3) is 11.4 Å². The molecule has 0 aliphatic carbocycles. The van der Waals surface area contributed by atoms with Crippen molar-refractivity contribution in [2.24, 2.45) is 0 Å². The molecule has 0 atom stereocenters. The Morgan fingerprint density at radius 1 is 1.29 bits per heavy atom. The van der Waals surface area contributed by atoms with E-state index in [2.05, 4.69) is 0 Å². The second-order valence-corrected chi connectivity index (χ2v) is 4.14. The summed E-state index contributed by atoms with van der Waals surface area (Å²) in [5.74, 6) is 0.551. The highest BCUT2D eigenvalue weighted by molar-refractivity contribution is 7.99. The molecule has 1 aromatic rings. The molecule has 0 radical (unpaired) electrons. The summed E-state index contributed by atoms with van der Waals surface area (Å²) in [7, 11) is 1.53. The topological polar surface area (TPSA) is 95.5 Å². The smallest absolute Gasteiger partial charge is 0.289 e. The van der Waals surface area contributed by atoms with E-state index in [0.29, 0.717) is 17.3 Å². The minimum Gasteiger partial charge on any atom is -0.384 e. The van der Waals surface area contributed by atoms with Crippen LogP contribution in [-0.2, 0) is 4.74 Å². The molecule has 8 heteroatoms. The summed E-state index contributed by atoms with van der Waals surface area (Å²) in [6.45, 7) is 0.457. The van der Waals surface area contributed by atoms with Gasteiger partial charge in [-0.15, -0.1) is 11.8 Å². The molecule has 0 bridgehead atoms. The van der Waals surface area contributed by atoms with E-state index in [0.717, 1.165) is 6.07 Å². The van der Waals surface area contributed by atoms with Gasteiger partial charge in [0.2, 0.25) is 0 Å². The van der Waals surface area contributed by atoms with Crippen LogP contribution in [0.4, 0.5) is 11.4 Å². The first kappa shape index (κ1) is 13.4. The number of non-ortho nitro benzene ring substituents is 1. The molecule has 1 aromatic carbocycles. The Bertz CT molecular complexity index is 437. The molecule has 0 N–H and O–H groups in total. The Hall–Kier alpha value is -1.67. The minimum absolute atomic E-state index is 0.250. The van der Waals surface area contributed by atoms with Gasteiger partial charge in [-0.25, -0.2) is 0 Å². The quantitative estimate of drug-likeness (QED) is 0.336. The van der Waals surface area contributed by atoms with E-state index in [1.54, 1.807) is 0 Å². The molecule has 0 aromatic heterocycles. The van der Waals surface area contributed by atoms with Crippen molar-refractivity contribution in [3.8, 4) is 0 Å². The van der Waals surface area contributed by atoms with Crippen molar-refractivity contribution in [2.45, 2.75) is 4.90 Å². The average Bonchev–Trinajstić information content (AvgIpc) is 2.29. The molecule has 0 heterocycles. The number of rotatable bonds is 6. The summed E-state index contributed by atoms with van der Waals surface area (Å²) < 4.78 is 4.83.